The van der Waals surface area contributed by atoms with Crippen molar-refractivity contribution in [2.45, 2.75) is 37.1 Å². The Balaban J connectivity index is 1.59. The number of carboxylic acid groups (broad SMARTS) is 1. The predicted molar refractivity (Wildman–Crippen MR) is 98.6 cm³/mol. The Bertz CT molecular complexity index is 641. The maximum absolute atomic E-state index is 12.0. The van der Waals surface area contributed by atoms with Crippen LogP contribution in [0.3, 0.4) is 0 Å². The monoisotopic (exact) mass is 362 g/mol. The van der Waals surface area contributed by atoms with E-state index in [1.54, 1.807) is 16.7 Å². The Labute approximate surface area is 153 Å². The van der Waals surface area contributed by atoms with Crippen LogP contribution in [-0.2, 0) is 16.1 Å². The third-order valence-corrected chi connectivity index (χ3v) is 6.42. The van der Waals surface area contributed by atoms with Crippen molar-refractivity contribution in [2.75, 3.05) is 32.4 Å². The number of carboxylic acids is 1. The van der Waals surface area contributed by atoms with E-state index in [1.165, 1.54) is 10.5 Å². The van der Waals surface area contributed by atoms with Gasteiger partial charge in [0.2, 0.25) is 5.91 Å². The van der Waals surface area contributed by atoms with Gasteiger partial charge in [-0.2, -0.15) is 0 Å². The van der Waals surface area contributed by atoms with Crippen molar-refractivity contribution in [1.82, 2.24) is 9.80 Å². The van der Waals surface area contributed by atoms with Crippen LogP contribution in [0, 0.1) is 5.41 Å². The minimum absolute atomic E-state index is 0.00986. The number of likely N-dealkylation sites (tertiary alicyclic amines) is 2. The fourth-order valence-corrected chi connectivity index (χ4v) is 4.69. The number of benzene rings is 1. The second-order valence-electron chi connectivity index (χ2n) is 7.23. The lowest BCUT2D eigenvalue weighted by Crippen LogP contribution is -2.52. The van der Waals surface area contributed by atoms with E-state index >= 15 is 0 Å². The predicted octanol–water partition coefficient (Wildman–Crippen LogP) is 2.70. The first-order valence-electron chi connectivity index (χ1n) is 8.85. The Morgan fingerprint density at radius 2 is 1.96 bits per heavy atom. The minimum atomic E-state index is -0.920. The topological polar surface area (TPSA) is 60.9 Å². The number of hydrogen-bond donors (Lipinski definition) is 1. The summed E-state index contributed by atoms with van der Waals surface area (Å²) in [5.41, 5.74) is 1.48. The first-order chi connectivity index (χ1) is 12.0. The Hall–Kier alpha value is -1.53. The summed E-state index contributed by atoms with van der Waals surface area (Å²) in [4.78, 5) is 28.3. The molecule has 0 atom stereocenters. The molecule has 2 fully saturated rings. The maximum atomic E-state index is 12.0. The van der Waals surface area contributed by atoms with Crippen LogP contribution in [0.1, 0.15) is 31.2 Å². The van der Waals surface area contributed by atoms with Crippen molar-refractivity contribution >= 4 is 23.6 Å². The molecule has 2 aliphatic rings. The van der Waals surface area contributed by atoms with Gasteiger partial charge in [0, 0.05) is 24.4 Å². The van der Waals surface area contributed by atoms with Gasteiger partial charge in [-0.15, -0.1) is 11.8 Å². The number of nitrogens with zero attached hydrogens (tertiary/aromatic N) is 2. The Kier molecular flexibility index (Phi) is 5.69. The van der Waals surface area contributed by atoms with Gasteiger partial charge in [0.25, 0.3) is 0 Å². The van der Waals surface area contributed by atoms with Crippen LogP contribution in [-0.4, -0.2) is 59.2 Å². The fourth-order valence-electron chi connectivity index (χ4n) is 4.08. The minimum Gasteiger partial charge on any atom is -0.480 e. The Morgan fingerprint density at radius 3 is 2.64 bits per heavy atom. The molecule has 1 aromatic carbocycles. The van der Waals surface area contributed by atoms with Gasteiger partial charge in [0.05, 0.1) is 0 Å². The van der Waals surface area contributed by atoms with E-state index in [9.17, 15) is 9.59 Å². The lowest BCUT2D eigenvalue weighted by Gasteiger charge is -2.47. The highest BCUT2D eigenvalue weighted by atomic mass is 32.2. The quantitative estimate of drug-likeness (QED) is 0.816. The molecule has 1 spiro atoms. The first-order valence-corrected chi connectivity index (χ1v) is 10.1. The molecular formula is C19H26N2O3S. The summed E-state index contributed by atoms with van der Waals surface area (Å²) in [7, 11) is 0. The number of thioether (sulfide) groups is 1. The van der Waals surface area contributed by atoms with Gasteiger partial charge in [0.15, 0.2) is 0 Å². The second-order valence-corrected chi connectivity index (χ2v) is 8.08. The van der Waals surface area contributed by atoms with Crippen LogP contribution in [0.5, 0.6) is 0 Å². The summed E-state index contributed by atoms with van der Waals surface area (Å²) >= 11 is 1.79. The molecule has 2 aliphatic heterocycles. The van der Waals surface area contributed by atoms with Crippen molar-refractivity contribution < 1.29 is 14.7 Å². The summed E-state index contributed by atoms with van der Waals surface area (Å²) in [6, 6.07) is 8.54. The summed E-state index contributed by atoms with van der Waals surface area (Å²) in [5, 5.41) is 9.02. The summed E-state index contributed by atoms with van der Waals surface area (Å²) < 4.78 is 0. The van der Waals surface area contributed by atoms with E-state index in [4.69, 9.17) is 5.11 Å². The molecule has 6 heteroatoms. The highest BCUT2D eigenvalue weighted by Gasteiger charge is 2.41. The molecule has 1 N–H and O–H groups in total. The number of carbonyl (C=O) groups excluding carboxylic acids is 1. The molecule has 0 saturated carbocycles. The number of aliphatic carboxylic acids is 1. The van der Waals surface area contributed by atoms with Gasteiger partial charge in [-0.25, -0.2) is 0 Å². The van der Waals surface area contributed by atoms with E-state index in [0.717, 1.165) is 38.9 Å². The molecule has 0 bridgehead atoms. The fraction of sp³-hybridized carbons (Fsp3) is 0.579. The van der Waals surface area contributed by atoms with Gasteiger partial charge in [-0.3, -0.25) is 14.5 Å². The normalized spacial score (nSPS) is 20.8. The van der Waals surface area contributed by atoms with E-state index in [-0.39, 0.29) is 17.9 Å². The van der Waals surface area contributed by atoms with Gasteiger partial charge < -0.3 is 10.0 Å². The zero-order chi connectivity index (χ0) is 17.9. The van der Waals surface area contributed by atoms with E-state index < -0.39 is 5.97 Å². The van der Waals surface area contributed by atoms with Gasteiger partial charge in [0.1, 0.15) is 6.54 Å². The van der Waals surface area contributed by atoms with Gasteiger partial charge in [-0.1, -0.05) is 18.2 Å². The lowest BCUT2D eigenvalue weighted by atomic mass is 9.72. The molecule has 25 heavy (non-hydrogen) atoms. The summed E-state index contributed by atoms with van der Waals surface area (Å²) in [6.45, 7) is 3.43. The molecule has 5 nitrogen and oxygen atoms in total. The third-order valence-electron chi connectivity index (χ3n) is 5.58. The largest absolute Gasteiger partial charge is 0.480 e. The highest BCUT2D eigenvalue weighted by Crippen LogP contribution is 2.40. The van der Waals surface area contributed by atoms with E-state index in [2.05, 4.69) is 35.4 Å². The zero-order valence-electron chi connectivity index (χ0n) is 14.7. The summed E-state index contributed by atoms with van der Waals surface area (Å²) in [5.74, 6) is -0.930. The molecule has 136 valence electrons. The standard InChI is InChI=1S/C19H26N2O3S/c1-25-16-5-3-2-4-15(16)12-20-10-8-19(9-11-20)7-6-17(22)21(14-19)13-18(23)24/h2-5H,6-14H2,1H3,(H,23,24). The van der Waals surface area contributed by atoms with Crippen LogP contribution in [0.15, 0.2) is 29.2 Å². The van der Waals surface area contributed by atoms with E-state index in [1.807, 2.05) is 0 Å². The van der Waals surface area contributed by atoms with E-state index in [0.29, 0.717) is 13.0 Å². The van der Waals surface area contributed by atoms with Gasteiger partial charge in [-0.05, 0) is 55.7 Å². The molecule has 1 aromatic rings. The average molecular weight is 362 g/mol. The molecule has 0 unspecified atom stereocenters. The van der Waals surface area contributed by atoms with Crippen LogP contribution in [0.2, 0.25) is 0 Å². The number of piperidine rings is 2. The van der Waals surface area contributed by atoms with Gasteiger partial charge >= 0.3 is 5.97 Å². The molecule has 2 saturated heterocycles. The lowest BCUT2D eigenvalue weighted by molar-refractivity contribution is -0.149. The SMILES string of the molecule is CSc1ccccc1CN1CCC2(CCC(=O)N(CC(=O)O)C2)CC1. The molecule has 3 rings (SSSR count). The smallest absolute Gasteiger partial charge is 0.323 e. The summed E-state index contributed by atoms with van der Waals surface area (Å²) in [6.07, 6.45) is 5.58. The molecule has 0 aromatic heterocycles. The van der Waals surface area contributed by atoms with Crippen molar-refractivity contribution in [3.05, 3.63) is 29.8 Å². The zero-order valence-corrected chi connectivity index (χ0v) is 15.6. The maximum Gasteiger partial charge on any atom is 0.323 e. The Morgan fingerprint density at radius 1 is 1.24 bits per heavy atom. The number of carbonyl (C=O) groups is 2. The second kappa shape index (κ2) is 7.79. The van der Waals surface area contributed by atoms with Crippen molar-refractivity contribution in [3.8, 4) is 0 Å². The van der Waals surface area contributed by atoms with Crippen molar-refractivity contribution in [1.29, 1.82) is 0 Å². The van der Waals surface area contributed by atoms with Crippen molar-refractivity contribution in [3.63, 3.8) is 0 Å². The highest BCUT2D eigenvalue weighted by molar-refractivity contribution is 7.98. The molecule has 0 radical (unpaired) electrons. The van der Waals surface area contributed by atoms with Crippen LogP contribution in [0.25, 0.3) is 0 Å². The molecular weight excluding hydrogens is 336 g/mol. The molecule has 0 aliphatic carbocycles. The first kappa shape index (κ1) is 18.3. The van der Waals surface area contributed by atoms with Crippen LogP contribution >= 0.6 is 11.8 Å². The number of amides is 1. The number of rotatable bonds is 5. The van der Waals surface area contributed by atoms with Crippen molar-refractivity contribution in [2.24, 2.45) is 5.41 Å². The van der Waals surface area contributed by atoms with Crippen LogP contribution in [0.4, 0.5) is 0 Å². The third kappa shape index (κ3) is 4.36. The van der Waals surface area contributed by atoms with Crippen LogP contribution < -0.4 is 0 Å². The number of hydrogen-bond acceptors (Lipinski definition) is 4. The molecule has 2 heterocycles. The average Bonchev–Trinajstić information content (AvgIpc) is 2.60. The molecule has 1 amide bonds.